The molecule has 0 radical (unpaired) electrons. The third kappa shape index (κ3) is 2.90. The molecule has 5 heteroatoms. The first kappa shape index (κ1) is 13.1. The second-order valence-electron chi connectivity index (χ2n) is 5.57. The van der Waals surface area contributed by atoms with Crippen molar-refractivity contribution in [1.82, 2.24) is 20.4 Å². The molecule has 2 rings (SSSR count). The number of aryl methyl sites for hydroxylation is 2. The summed E-state index contributed by atoms with van der Waals surface area (Å²) in [4.78, 5) is 12.1. The van der Waals surface area contributed by atoms with Crippen LogP contribution in [0.15, 0.2) is 6.07 Å². The molecular formula is C13H22N4O. The maximum atomic E-state index is 12.1. The zero-order valence-electron chi connectivity index (χ0n) is 11.4. The molecule has 1 fully saturated rings. The SMILES string of the molecule is Cc1cc(C(=O)NCC2(C)CCCNC2)n(C)n1. The molecular weight excluding hydrogens is 228 g/mol. The van der Waals surface area contributed by atoms with E-state index in [1.807, 2.05) is 13.0 Å². The van der Waals surface area contributed by atoms with Gasteiger partial charge in [0.15, 0.2) is 0 Å². The summed E-state index contributed by atoms with van der Waals surface area (Å²) >= 11 is 0. The van der Waals surface area contributed by atoms with Crippen molar-refractivity contribution in [2.75, 3.05) is 19.6 Å². The van der Waals surface area contributed by atoms with E-state index in [4.69, 9.17) is 0 Å². The number of carbonyl (C=O) groups excluding carboxylic acids is 1. The van der Waals surface area contributed by atoms with E-state index in [1.54, 1.807) is 11.7 Å². The van der Waals surface area contributed by atoms with Gasteiger partial charge in [-0.15, -0.1) is 0 Å². The van der Waals surface area contributed by atoms with Crippen molar-refractivity contribution < 1.29 is 4.79 Å². The zero-order chi connectivity index (χ0) is 13.2. The van der Waals surface area contributed by atoms with Crippen molar-refractivity contribution in [3.05, 3.63) is 17.5 Å². The molecule has 18 heavy (non-hydrogen) atoms. The Morgan fingerprint density at radius 1 is 1.67 bits per heavy atom. The largest absolute Gasteiger partial charge is 0.350 e. The van der Waals surface area contributed by atoms with Crippen LogP contribution in [-0.4, -0.2) is 35.3 Å². The van der Waals surface area contributed by atoms with Gasteiger partial charge in [-0.1, -0.05) is 6.92 Å². The standard InChI is InChI=1S/C13H22N4O/c1-10-7-11(17(3)16-10)12(18)15-9-13(2)5-4-6-14-8-13/h7,14H,4-6,8-9H2,1-3H3,(H,15,18). The molecule has 100 valence electrons. The summed E-state index contributed by atoms with van der Waals surface area (Å²) in [6.45, 7) is 6.88. The van der Waals surface area contributed by atoms with Crippen molar-refractivity contribution in [3.8, 4) is 0 Å². The Morgan fingerprint density at radius 3 is 3.00 bits per heavy atom. The van der Waals surface area contributed by atoms with Gasteiger partial charge in [-0.2, -0.15) is 5.10 Å². The molecule has 1 amide bonds. The fourth-order valence-electron chi connectivity index (χ4n) is 2.48. The summed E-state index contributed by atoms with van der Waals surface area (Å²) in [7, 11) is 1.80. The van der Waals surface area contributed by atoms with Crippen LogP contribution in [-0.2, 0) is 7.05 Å². The molecule has 0 saturated carbocycles. The van der Waals surface area contributed by atoms with Crippen LogP contribution in [0.3, 0.4) is 0 Å². The molecule has 2 heterocycles. The summed E-state index contributed by atoms with van der Waals surface area (Å²) in [6, 6.07) is 1.82. The van der Waals surface area contributed by atoms with Gasteiger partial charge in [-0.3, -0.25) is 9.48 Å². The van der Waals surface area contributed by atoms with E-state index in [2.05, 4.69) is 22.7 Å². The topological polar surface area (TPSA) is 59.0 Å². The number of nitrogens with one attached hydrogen (secondary N) is 2. The lowest BCUT2D eigenvalue weighted by Gasteiger charge is -2.34. The van der Waals surface area contributed by atoms with Gasteiger partial charge in [0.1, 0.15) is 5.69 Å². The molecule has 0 aliphatic carbocycles. The lowest BCUT2D eigenvalue weighted by atomic mass is 9.83. The quantitative estimate of drug-likeness (QED) is 0.836. The second-order valence-corrected chi connectivity index (χ2v) is 5.57. The number of aromatic nitrogens is 2. The first-order chi connectivity index (χ1) is 8.50. The van der Waals surface area contributed by atoms with Gasteiger partial charge in [-0.25, -0.2) is 0 Å². The van der Waals surface area contributed by atoms with E-state index < -0.39 is 0 Å². The molecule has 1 aliphatic heterocycles. The molecule has 0 spiro atoms. The van der Waals surface area contributed by atoms with Gasteiger partial charge in [0, 0.05) is 20.1 Å². The predicted molar refractivity (Wildman–Crippen MR) is 70.5 cm³/mol. The molecule has 0 aromatic carbocycles. The zero-order valence-corrected chi connectivity index (χ0v) is 11.4. The Balaban J connectivity index is 1.94. The summed E-state index contributed by atoms with van der Waals surface area (Å²) < 4.78 is 1.63. The Kier molecular flexibility index (Phi) is 3.71. The number of rotatable bonds is 3. The number of amides is 1. The van der Waals surface area contributed by atoms with E-state index in [0.717, 1.165) is 25.2 Å². The molecule has 0 bridgehead atoms. The van der Waals surface area contributed by atoms with Gasteiger partial charge in [0.25, 0.3) is 5.91 Å². The Bertz CT molecular complexity index is 432. The number of nitrogens with zero attached hydrogens (tertiary/aromatic N) is 2. The average molecular weight is 250 g/mol. The minimum absolute atomic E-state index is 0.0371. The predicted octanol–water partition coefficient (Wildman–Crippen LogP) is 0.848. The van der Waals surface area contributed by atoms with Crippen LogP contribution >= 0.6 is 0 Å². The number of carbonyl (C=O) groups is 1. The van der Waals surface area contributed by atoms with Crippen molar-refractivity contribution in [3.63, 3.8) is 0 Å². The summed E-state index contributed by atoms with van der Waals surface area (Å²) in [5.41, 5.74) is 1.66. The second kappa shape index (κ2) is 5.10. The molecule has 1 aromatic rings. The average Bonchev–Trinajstić information content (AvgIpc) is 2.67. The van der Waals surface area contributed by atoms with Crippen LogP contribution in [0.1, 0.15) is 35.9 Å². The number of hydrogen-bond acceptors (Lipinski definition) is 3. The molecule has 1 atom stereocenters. The van der Waals surface area contributed by atoms with Crippen molar-refractivity contribution in [1.29, 1.82) is 0 Å². The highest BCUT2D eigenvalue weighted by atomic mass is 16.2. The normalized spacial score (nSPS) is 23.9. The van der Waals surface area contributed by atoms with Crippen LogP contribution in [0, 0.1) is 12.3 Å². The van der Waals surface area contributed by atoms with Crippen molar-refractivity contribution in [2.45, 2.75) is 26.7 Å². The summed E-state index contributed by atoms with van der Waals surface area (Å²) in [6.07, 6.45) is 2.34. The van der Waals surface area contributed by atoms with E-state index >= 15 is 0 Å². The van der Waals surface area contributed by atoms with Gasteiger partial charge in [0.2, 0.25) is 0 Å². The molecule has 1 aromatic heterocycles. The van der Waals surface area contributed by atoms with Crippen molar-refractivity contribution >= 4 is 5.91 Å². The minimum Gasteiger partial charge on any atom is -0.350 e. The Morgan fingerprint density at radius 2 is 2.44 bits per heavy atom. The molecule has 2 N–H and O–H groups in total. The van der Waals surface area contributed by atoms with E-state index in [-0.39, 0.29) is 11.3 Å². The fourth-order valence-corrected chi connectivity index (χ4v) is 2.48. The molecule has 5 nitrogen and oxygen atoms in total. The van der Waals surface area contributed by atoms with Gasteiger partial charge >= 0.3 is 0 Å². The number of hydrogen-bond donors (Lipinski definition) is 2. The van der Waals surface area contributed by atoms with E-state index in [0.29, 0.717) is 12.2 Å². The minimum atomic E-state index is -0.0371. The van der Waals surface area contributed by atoms with E-state index in [9.17, 15) is 4.79 Å². The third-order valence-electron chi connectivity index (χ3n) is 3.60. The van der Waals surface area contributed by atoms with Crippen LogP contribution in [0.2, 0.25) is 0 Å². The van der Waals surface area contributed by atoms with Crippen LogP contribution in [0.4, 0.5) is 0 Å². The first-order valence-electron chi connectivity index (χ1n) is 6.50. The fraction of sp³-hybridized carbons (Fsp3) is 0.692. The maximum Gasteiger partial charge on any atom is 0.269 e. The van der Waals surface area contributed by atoms with Crippen molar-refractivity contribution in [2.24, 2.45) is 12.5 Å². The lowest BCUT2D eigenvalue weighted by Crippen LogP contribution is -2.45. The highest BCUT2D eigenvalue weighted by Gasteiger charge is 2.27. The lowest BCUT2D eigenvalue weighted by molar-refractivity contribution is 0.0915. The van der Waals surface area contributed by atoms with Crippen LogP contribution < -0.4 is 10.6 Å². The maximum absolute atomic E-state index is 12.1. The number of piperidine rings is 1. The monoisotopic (exact) mass is 250 g/mol. The van der Waals surface area contributed by atoms with Gasteiger partial charge < -0.3 is 10.6 Å². The highest BCUT2D eigenvalue weighted by Crippen LogP contribution is 2.24. The van der Waals surface area contributed by atoms with Gasteiger partial charge in [0.05, 0.1) is 5.69 Å². The Hall–Kier alpha value is -1.36. The molecule has 1 unspecified atom stereocenters. The summed E-state index contributed by atoms with van der Waals surface area (Å²) in [5.74, 6) is -0.0371. The Labute approximate surface area is 108 Å². The first-order valence-corrected chi connectivity index (χ1v) is 6.50. The van der Waals surface area contributed by atoms with Gasteiger partial charge in [-0.05, 0) is 37.8 Å². The van der Waals surface area contributed by atoms with Crippen LogP contribution in [0.25, 0.3) is 0 Å². The highest BCUT2D eigenvalue weighted by molar-refractivity contribution is 5.92. The summed E-state index contributed by atoms with van der Waals surface area (Å²) in [5, 5.41) is 10.6. The molecule has 1 saturated heterocycles. The third-order valence-corrected chi connectivity index (χ3v) is 3.60. The van der Waals surface area contributed by atoms with E-state index in [1.165, 1.54) is 6.42 Å². The molecule has 1 aliphatic rings. The smallest absolute Gasteiger partial charge is 0.269 e. The van der Waals surface area contributed by atoms with Crippen LogP contribution in [0.5, 0.6) is 0 Å².